The summed E-state index contributed by atoms with van der Waals surface area (Å²) in [5.41, 5.74) is -0.972. The van der Waals surface area contributed by atoms with Crippen molar-refractivity contribution in [2.24, 2.45) is 5.41 Å². The van der Waals surface area contributed by atoms with Crippen LogP contribution in [0.25, 0.3) is 0 Å². The number of esters is 3. The van der Waals surface area contributed by atoms with E-state index in [0.717, 1.165) is 64.2 Å². The predicted octanol–water partition coefficient (Wildman–Crippen LogP) is 5.74. The van der Waals surface area contributed by atoms with Gasteiger partial charge in [-0.3, -0.25) is 9.59 Å². The first-order valence-corrected chi connectivity index (χ1v) is 19.2. The number of fused-ring (bicyclic) bond motifs is 6. The average molecular weight is 723 g/mol. The van der Waals surface area contributed by atoms with E-state index in [0.29, 0.717) is 19.4 Å². The van der Waals surface area contributed by atoms with E-state index in [4.69, 9.17) is 33.2 Å². The molecule has 12 heteroatoms. The number of hydrogen-bond acceptors (Lipinski definition) is 12. The topological polar surface area (TPSA) is 156 Å². The van der Waals surface area contributed by atoms with Crippen LogP contribution in [0, 0.1) is 5.41 Å². The van der Waals surface area contributed by atoms with Crippen molar-refractivity contribution in [3.8, 4) is 0 Å². The Balaban J connectivity index is 1.68. The molecule has 0 radical (unpaired) electrons. The van der Waals surface area contributed by atoms with E-state index in [2.05, 4.69) is 6.92 Å². The minimum absolute atomic E-state index is 0.00601. The van der Waals surface area contributed by atoms with Crippen molar-refractivity contribution in [2.75, 3.05) is 13.7 Å². The molecule has 0 aromatic heterocycles. The molecule has 6 bridgehead atoms. The first-order chi connectivity index (χ1) is 24.3. The highest BCUT2D eigenvalue weighted by Gasteiger charge is 2.57. The maximum absolute atomic E-state index is 13.3. The van der Waals surface area contributed by atoms with Crippen LogP contribution in [-0.2, 0) is 47.5 Å². The molecule has 4 aliphatic rings. The van der Waals surface area contributed by atoms with E-state index < -0.39 is 59.8 Å². The molecule has 3 saturated heterocycles. The predicted molar refractivity (Wildman–Crippen MR) is 187 cm³/mol. The Labute approximate surface area is 303 Å². The van der Waals surface area contributed by atoms with Gasteiger partial charge in [-0.2, -0.15) is 0 Å². The third kappa shape index (κ3) is 12.1. The molecule has 0 aromatic rings. The lowest BCUT2D eigenvalue weighted by Gasteiger charge is -2.51. The summed E-state index contributed by atoms with van der Waals surface area (Å²) in [6.07, 6.45) is 10.4. The van der Waals surface area contributed by atoms with E-state index in [1.807, 2.05) is 0 Å². The molecular formula is C39H62O12. The number of cyclic esters (lactones) is 1. The van der Waals surface area contributed by atoms with Crippen molar-refractivity contribution in [1.29, 1.82) is 0 Å². The molecule has 0 unspecified atom stereocenters. The minimum atomic E-state index is -2.21. The van der Waals surface area contributed by atoms with Crippen molar-refractivity contribution >= 4 is 17.9 Å². The molecule has 12 nitrogen and oxygen atoms in total. The maximum Gasteiger partial charge on any atom is 0.330 e. The van der Waals surface area contributed by atoms with Gasteiger partial charge in [0.1, 0.15) is 6.10 Å². The summed E-state index contributed by atoms with van der Waals surface area (Å²) in [6, 6.07) is 0. The Kier molecular flexibility index (Phi) is 16.0. The smallest absolute Gasteiger partial charge is 0.330 e. The molecule has 0 aromatic carbocycles. The number of ether oxygens (including phenoxy) is 7. The fraction of sp³-hybridized carbons (Fsp3) is 0.821. The fourth-order valence-corrected chi connectivity index (χ4v) is 7.45. The maximum atomic E-state index is 13.3. The van der Waals surface area contributed by atoms with Crippen molar-refractivity contribution < 1.29 is 57.8 Å². The molecule has 0 amide bonds. The van der Waals surface area contributed by atoms with Crippen molar-refractivity contribution in [3.05, 3.63) is 23.8 Å². The second-order valence-electron chi connectivity index (χ2n) is 15.2. The van der Waals surface area contributed by atoms with Gasteiger partial charge in [-0.25, -0.2) is 4.79 Å². The number of methoxy groups -OCH3 is 1. The average Bonchev–Trinajstić information content (AvgIpc) is 3.08. The highest BCUT2D eigenvalue weighted by Crippen LogP contribution is 2.47. The summed E-state index contributed by atoms with van der Waals surface area (Å²) in [6.45, 7) is 7.62. The zero-order valence-corrected chi connectivity index (χ0v) is 31.3. The van der Waals surface area contributed by atoms with E-state index >= 15 is 0 Å². The van der Waals surface area contributed by atoms with Crippen LogP contribution in [0.5, 0.6) is 0 Å². The van der Waals surface area contributed by atoms with Crippen LogP contribution >= 0.6 is 0 Å². The lowest BCUT2D eigenvalue weighted by atomic mass is 9.74. The van der Waals surface area contributed by atoms with Gasteiger partial charge in [-0.15, -0.1) is 0 Å². The van der Waals surface area contributed by atoms with Crippen LogP contribution in [0.4, 0.5) is 0 Å². The van der Waals surface area contributed by atoms with Crippen LogP contribution in [-0.4, -0.2) is 96.6 Å². The van der Waals surface area contributed by atoms with Gasteiger partial charge in [-0.1, -0.05) is 52.5 Å². The molecule has 4 heterocycles. The largest absolute Gasteiger partial charge is 0.466 e. The Hall–Kier alpha value is -2.35. The molecule has 4 aliphatic heterocycles. The van der Waals surface area contributed by atoms with Crippen molar-refractivity contribution in [2.45, 2.75) is 185 Å². The summed E-state index contributed by atoms with van der Waals surface area (Å²) >= 11 is 0. The van der Waals surface area contributed by atoms with Gasteiger partial charge in [-0.05, 0) is 76.4 Å². The monoisotopic (exact) mass is 722 g/mol. The van der Waals surface area contributed by atoms with Gasteiger partial charge < -0.3 is 43.4 Å². The standard InChI is InChI=1S/C39H62O12/c1-6-7-8-9-10-16-34(42)50-37-27(23-35(43)45-5)22-31-25-32(26(2)40)49-33(41)17-12-14-28-13-11-15-29(47-28)24-30-19-21-46-36(48-30)18-20-38(3,4)39(37,44)51-31/h18,20,23,26,28-32,36-37,40,44H,6-17,19,21-22,24-25H2,1-5H3/b20-18-,27-23+/t26-,28+,29-,30+,31-,32-,36+,37+,39-/m1/s1. The molecule has 9 atom stereocenters. The lowest BCUT2D eigenvalue weighted by molar-refractivity contribution is -0.327. The van der Waals surface area contributed by atoms with E-state index in [1.54, 1.807) is 26.0 Å². The van der Waals surface area contributed by atoms with Crippen LogP contribution in [0.15, 0.2) is 23.8 Å². The molecule has 51 heavy (non-hydrogen) atoms. The summed E-state index contributed by atoms with van der Waals surface area (Å²) in [7, 11) is 1.24. The molecule has 0 aliphatic carbocycles. The molecule has 0 saturated carbocycles. The third-order valence-corrected chi connectivity index (χ3v) is 10.6. The summed E-state index contributed by atoms with van der Waals surface area (Å²) in [5.74, 6) is -3.88. The van der Waals surface area contributed by atoms with E-state index in [-0.39, 0.29) is 49.6 Å². The SMILES string of the molecule is CCCCCCCC(=O)O[C@H]1/C(=C/C(=O)OC)C[C@@H]2C[C@H]([C@@H](C)O)OC(=O)CCC[C@@H]3CCC[C@H](C[C@@H]4CCO[C@H](/C=C\C(C)(C)[C@]1(O)O2)O4)O3. The summed E-state index contributed by atoms with van der Waals surface area (Å²) in [5, 5.41) is 23.4. The van der Waals surface area contributed by atoms with Crippen LogP contribution in [0.2, 0.25) is 0 Å². The Morgan fingerprint density at radius 1 is 1.00 bits per heavy atom. The van der Waals surface area contributed by atoms with Crippen molar-refractivity contribution in [1.82, 2.24) is 0 Å². The van der Waals surface area contributed by atoms with Crippen molar-refractivity contribution in [3.63, 3.8) is 0 Å². The number of unbranched alkanes of at least 4 members (excludes halogenated alkanes) is 4. The Morgan fingerprint density at radius 3 is 2.47 bits per heavy atom. The zero-order chi connectivity index (χ0) is 37.0. The van der Waals surface area contributed by atoms with Gasteiger partial charge in [0.05, 0.1) is 44.2 Å². The van der Waals surface area contributed by atoms with Gasteiger partial charge in [0.2, 0.25) is 5.79 Å². The number of carbonyl (C=O) groups excluding carboxylic acids is 3. The number of carbonyl (C=O) groups is 3. The minimum Gasteiger partial charge on any atom is -0.466 e. The fourth-order valence-electron chi connectivity index (χ4n) is 7.45. The number of rotatable bonds is 9. The Bertz CT molecular complexity index is 1200. The highest BCUT2D eigenvalue weighted by atomic mass is 16.7. The van der Waals surface area contributed by atoms with E-state index in [1.165, 1.54) is 20.1 Å². The van der Waals surface area contributed by atoms with Gasteiger partial charge in [0.25, 0.3) is 0 Å². The molecular weight excluding hydrogens is 660 g/mol. The first kappa shape index (κ1) is 41.4. The normalized spacial score (nSPS) is 35.5. The molecule has 4 rings (SSSR count). The zero-order valence-electron chi connectivity index (χ0n) is 31.3. The number of aliphatic hydroxyl groups excluding tert-OH is 1. The first-order valence-electron chi connectivity index (χ1n) is 19.2. The molecule has 2 N–H and O–H groups in total. The highest BCUT2D eigenvalue weighted by molar-refractivity contribution is 5.83. The van der Waals surface area contributed by atoms with Gasteiger partial charge >= 0.3 is 17.9 Å². The molecule has 0 spiro atoms. The third-order valence-electron chi connectivity index (χ3n) is 10.6. The Morgan fingerprint density at radius 2 is 1.73 bits per heavy atom. The lowest BCUT2D eigenvalue weighted by Crippen LogP contribution is -2.62. The number of hydrogen-bond donors (Lipinski definition) is 2. The second kappa shape index (κ2) is 19.6. The van der Waals surface area contributed by atoms with Crippen LogP contribution < -0.4 is 0 Å². The number of aliphatic hydroxyl groups is 2. The van der Waals surface area contributed by atoms with Gasteiger partial charge in [0.15, 0.2) is 12.4 Å². The molecule has 3 fully saturated rings. The second-order valence-corrected chi connectivity index (χ2v) is 15.2. The summed E-state index contributed by atoms with van der Waals surface area (Å²) in [4.78, 5) is 39.0. The van der Waals surface area contributed by atoms with Gasteiger partial charge in [0, 0.05) is 30.8 Å². The summed E-state index contributed by atoms with van der Waals surface area (Å²) < 4.78 is 42.0. The molecule has 290 valence electrons. The van der Waals surface area contributed by atoms with Crippen LogP contribution in [0.1, 0.15) is 130 Å². The van der Waals surface area contributed by atoms with Crippen LogP contribution in [0.3, 0.4) is 0 Å². The van der Waals surface area contributed by atoms with E-state index in [9.17, 15) is 24.6 Å². The quantitative estimate of drug-likeness (QED) is 0.0980.